The Morgan fingerprint density at radius 1 is 0.755 bits per heavy atom. The molecular weight excluding hydrogens is 640 g/mol. The van der Waals surface area contributed by atoms with Gasteiger partial charge in [0.15, 0.2) is 11.5 Å². The minimum atomic E-state index is -0.395. The van der Waals surface area contributed by atoms with E-state index in [0.717, 1.165) is 5.56 Å². The third-order valence-corrected chi connectivity index (χ3v) is 8.59. The quantitative estimate of drug-likeness (QED) is 0.159. The van der Waals surface area contributed by atoms with Gasteiger partial charge in [-0.3, -0.25) is 9.59 Å². The second kappa shape index (κ2) is 13.6. The van der Waals surface area contributed by atoms with Gasteiger partial charge in [-0.2, -0.15) is 0 Å². The van der Waals surface area contributed by atoms with Crippen LogP contribution in [0, 0.1) is 11.3 Å². The van der Waals surface area contributed by atoms with E-state index in [1.807, 2.05) is 87.5 Å². The Labute approximate surface area is 289 Å². The first-order valence-corrected chi connectivity index (χ1v) is 16.1. The molecule has 1 aromatic heterocycles. The highest BCUT2D eigenvalue weighted by Gasteiger charge is 2.28. The maximum atomic E-state index is 13.6. The molecule has 6 rings (SSSR count). The highest BCUT2D eigenvalue weighted by atomic mass is 35.5. The van der Waals surface area contributed by atoms with Gasteiger partial charge < -0.3 is 18.9 Å². The predicted molar refractivity (Wildman–Crippen MR) is 194 cm³/mol. The van der Waals surface area contributed by atoms with Crippen molar-refractivity contribution in [1.82, 2.24) is 0 Å². The van der Waals surface area contributed by atoms with Gasteiger partial charge in [0.1, 0.15) is 11.5 Å². The molecule has 1 unspecified atom stereocenters. The van der Waals surface area contributed by atoms with Crippen LogP contribution in [0.25, 0.3) is 40.6 Å². The molecule has 1 aliphatic heterocycles. The summed E-state index contributed by atoms with van der Waals surface area (Å²) in [7, 11) is 4.64. The summed E-state index contributed by atoms with van der Waals surface area (Å²) < 4.78 is 29.2. The molecule has 1 aliphatic rings. The van der Waals surface area contributed by atoms with Gasteiger partial charge in [-0.15, -0.1) is 0 Å². The van der Waals surface area contributed by atoms with Crippen molar-refractivity contribution < 1.29 is 23.4 Å². The zero-order valence-electron chi connectivity index (χ0n) is 28.1. The predicted octanol–water partition coefficient (Wildman–Crippen LogP) is 7.40. The Balaban J connectivity index is 1.45. The van der Waals surface area contributed by atoms with Crippen molar-refractivity contribution in [2.24, 2.45) is 11.3 Å². The van der Waals surface area contributed by atoms with E-state index in [1.165, 1.54) is 0 Å². The lowest BCUT2D eigenvalue weighted by molar-refractivity contribution is 0.256. The summed E-state index contributed by atoms with van der Waals surface area (Å²) in [5.74, 6) is 3.34. The van der Waals surface area contributed by atoms with Crippen molar-refractivity contribution in [2.45, 2.75) is 20.8 Å². The largest absolute Gasteiger partial charge is 0.493 e. The van der Waals surface area contributed by atoms with E-state index < -0.39 is 5.92 Å². The van der Waals surface area contributed by atoms with E-state index in [1.54, 1.807) is 57.7 Å². The SMILES string of the molecule is COc1cc(C2=CC(C=c3c(=O)c(=Cc4cc(-c5ccccc5)[o+]c(-c5ccccc5Cl)c4)c3=O)C=C(C(C)(C)C)O2)cc(OC)c1OC. The van der Waals surface area contributed by atoms with Gasteiger partial charge in [0.05, 0.1) is 60.0 Å². The summed E-state index contributed by atoms with van der Waals surface area (Å²) in [5.41, 5.74) is 1.86. The van der Waals surface area contributed by atoms with Crippen molar-refractivity contribution >= 4 is 29.5 Å². The first-order chi connectivity index (χ1) is 23.5. The summed E-state index contributed by atoms with van der Waals surface area (Å²) in [5, 5.41) is 0.745. The van der Waals surface area contributed by atoms with Crippen LogP contribution in [0.4, 0.5) is 0 Å². The van der Waals surface area contributed by atoms with E-state index in [2.05, 4.69) is 0 Å². The molecule has 0 N–H and O–H groups in total. The fraction of sp³-hybridized carbons (Fsp3) is 0.195. The molecule has 0 aliphatic carbocycles. The Morgan fingerprint density at radius 3 is 2.00 bits per heavy atom. The van der Waals surface area contributed by atoms with E-state index in [-0.39, 0.29) is 26.7 Å². The van der Waals surface area contributed by atoms with Crippen LogP contribution in [0.5, 0.6) is 17.2 Å². The van der Waals surface area contributed by atoms with Crippen LogP contribution in [0.2, 0.25) is 5.02 Å². The maximum Gasteiger partial charge on any atom is 0.362 e. The van der Waals surface area contributed by atoms with E-state index in [4.69, 9.17) is 35.0 Å². The fourth-order valence-corrected chi connectivity index (χ4v) is 5.91. The zero-order valence-corrected chi connectivity index (χ0v) is 28.9. The average molecular weight is 676 g/mol. The maximum absolute atomic E-state index is 13.6. The number of ether oxygens (including phenoxy) is 4. The molecule has 7 nitrogen and oxygen atoms in total. The second-order valence-corrected chi connectivity index (χ2v) is 13.1. The molecule has 1 atom stereocenters. The highest BCUT2D eigenvalue weighted by Crippen LogP contribution is 2.43. The molecule has 5 aromatic rings. The monoisotopic (exact) mass is 675 g/mol. The van der Waals surface area contributed by atoms with E-state index >= 15 is 0 Å². The van der Waals surface area contributed by atoms with Crippen LogP contribution in [-0.2, 0) is 4.74 Å². The third-order valence-electron chi connectivity index (χ3n) is 8.26. The molecule has 0 saturated carbocycles. The number of hydrogen-bond donors (Lipinski definition) is 0. The molecule has 49 heavy (non-hydrogen) atoms. The van der Waals surface area contributed by atoms with Crippen LogP contribution < -0.4 is 35.5 Å². The first kappa shape index (κ1) is 33.5. The number of allylic oxidation sites excluding steroid dienone is 3. The standard InChI is InChI=1S/C41H36ClO7/c1-41(2,3)37-21-25(19-33(49-37)27-22-35(45-4)40(47-6)36(23-27)46-5)17-30-38(43)29(39(30)44)16-24-18-32(26-12-8-7-9-13-26)48-34(20-24)28-14-10-11-15-31(28)42/h7-23,25H,1-6H3/q+1. The summed E-state index contributed by atoms with van der Waals surface area (Å²) in [4.78, 5) is 27.1. The topological polar surface area (TPSA) is 82.4 Å². The molecule has 0 radical (unpaired) electrons. The van der Waals surface area contributed by atoms with Gasteiger partial charge in [-0.1, -0.05) is 68.8 Å². The molecule has 0 fully saturated rings. The Bertz CT molecular complexity index is 2250. The van der Waals surface area contributed by atoms with Crippen LogP contribution >= 0.6 is 11.6 Å². The van der Waals surface area contributed by atoms with Gasteiger partial charge in [0.2, 0.25) is 16.6 Å². The number of methoxy groups -OCH3 is 3. The van der Waals surface area contributed by atoms with Gasteiger partial charge >= 0.3 is 11.5 Å². The van der Waals surface area contributed by atoms with Crippen LogP contribution in [0.15, 0.2) is 111 Å². The molecule has 2 heterocycles. The van der Waals surface area contributed by atoms with Crippen molar-refractivity contribution in [3.63, 3.8) is 0 Å². The molecule has 4 aromatic carbocycles. The Morgan fingerprint density at radius 2 is 1.39 bits per heavy atom. The minimum Gasteiger partial charge on any atom is -0.493 e. The second-order valence-electron chi connectivity index (χ2n) is 12.7. The Kier molecular flexibility index (Phi) is 9.30. The van der Waals surface area contributed by atoms with Gasteiger partial charge in [-0.25, -0.2) is 4.42 Å². The molecular formula is C41H36ClO7+. The molecule has 248 valence electrons. The van der Waals surface area contributed by atoms with Crippen molar-refractivity contribution in [2.75, 3.05) is 21.3 Å². The Hall–Kier alpha value is -5.40. The number of benzene rings is 3. The third kappa shape index (κ3) is 6.80. The minimum absolute atomic E-state index is 0.0995. The van der Waals surface area contributed by atoms with E-state index in [9.17, 15) is 9.59 Å². The van der Waals surface area contributed by atoms with Gasteiger partial charge in [-0.05, 0) is 60.2 Å². The molecule has 0 saturated heterocycles. The fourth-order valence-electron chi connectivity index (χ4n) is 5.68. The summed E-state index contributed by atoms with van der Waals surface area (Å²) in [6, 6.07) is 24.2. The van der Waals surface area contributed by atoms with Crippen molar-refractivity contribution in [3.8, 4) is 39.9 Å². The van der Waals surface area contributed by atoms with Crippen molar-refractivity contribution in [3.05, 3.63) is 144 Å². The highest BCUT2D eigenvalue weighted by molar-refractivity contribution is 6.33. The number of halogens is 1. The normalized spacial score (nSPS) is 14.4. The lowest BCUT2D eigenvalue weighted by Gasteiger charge is -2.29. The lowest BCUT2D eigenvalue weighted by Crippen LogP contribution is -2.64. The van der Waals surface area contributed by atoms with E-state index in [0.29, 0.717) is 62.0 Å². The van der Waals surface area contributed by atoms with Crippen LogP contribution in [0.3, 0.4) is 0 Å². The van der Waals surface area contributed by atoms with Crippen LogP contribution in [0.1, 0.15) is 31.9 Å². The smallest absolute Gasteiger partial charge is 0.362 e. The van der Waals surface area contributed by atoms with Crippen molar-refractivity contribution in [1.29, 1.82) is 0 Å². The molecule has 0 bridgehead atoms. The van der Waals surface area contributed by atoms with Crippen LogP contribution in [-0.4, -0.2) is 21.3 Å². The lowest BCUT2D eigenvalue weighted by atomic mass is 9.88. The summed E-state index contributed by atoms with van der Waals surface area (Å²) in [6.45, 7) is 6.11. The molecule has 0 amide bonds. The van der Waals surface area contributed by atoms with Gasteiger partial charge in [0.25, 0.3) is 0 Å². The van der Waals surface area contributed by atoms with Gasteiger partial charge in [0, 0.05) is 16.9 Å². The molecule has 0 spiro atoms. The number of rotatable bonds is 8. The average Bonchev–Trinajstić information content (AvgIpc) is 3.12. The summed E-state index contributed by atoms with van der Waals surface area (Å²) in [6.07, 6.45) is 7.10. The summed E-state index contributed by atoms with van der Waals surface area (Å²) >= 11 is 6.52. The first-order valence-electron chi connectivity index (χ1n) is 15.7. The molecule has 8 heteroatoms. The zero-order chi connectivity index (χ0) is 34.9. The number of hydrogen-bond acceptors (Lipinski definition) is 6.